The Labute approximate surface area is 145 Å². The van der Waals surface area contributed by atoms with E-state index in [-0.39, 0.29) is 18.2 Å². The molecule has 1 N–H and O–H groups in total. The normalized spacial score (nSPS) is 20.3. The first kappa shape index (κ1) is 17.3. The molecule has 25 heavy (non-hydrogen) atoms. The van der Waals surface area contributed by atoms with Crippen molar-refractivity contribution in [2.24, 2.45) is 0 Å². The molecule has 1 amide bonds. The number of β-amino-alcohol motifs (C(OH)–C–C–N with tert-alkyl or cyclic N) is 1. The lowest BCUT2D eigenvalue weighted by molar-refractivity contribution is 0.0380. The predicted octanol–water partition coefficient (Wildman–Crippen LogP) is 1.74. The Morgan fingerprint density at radius 3 is 2.80 bits per heavy atom. The molecule has 1 aromatic heterocycles. The van der Waals surface area contributed by atoms with Crippen molar-refractivity contribution in [3.63, 3.8) is 0 Å². The molecule has 1 atom stereocenters. The zero-order valence-electron chi connectivity index (χ0n) is 14.4. The maximum atomic E-state index is 14.1. The van der Waals surface area contributed by atoms with Gasteiger partial charge in [-0.15, -0.1) is 5.10 Å². The summed E-state index contributed by atoms with van der Waals surface area (Å²) in [7, 11) is 1.43. The molecule has 1 saturated heterocycles. The van der Waals surface area contributed by atoms with Crippen molar-refractivity contribution in [3.8, 4) is 5.75 Å². The molecular formula is C17H21FN4O3. The molecule has 0 unspecified atom stereocenters. The molecule has 0 saturated carbocycles. The molecule has 0 spiro atoms. The van der Waals surface area contributed by atoms with Crippen LogP contribution in [0.2, 0.25) is 0 Å². The number of amides is 1. The summed E-state index contributed by atoms with van der Waals surface area (Å²) in [6, 6.07) is 4.22. The zero-order valence-corrected chi connectivity index (χ0v) is 14.4. The summed E-state index contributed by atoms with van der Waals surface area (Å²) >= 11 is 0. The first-order valence-corrected chi connectivity index (χ1v) is 8.11. The van der Waals surface area contributed by atoms with E-state index in [9.17, 15) is 14.3 Å². The van der Waals surface area contributed by atoms with E-state index in [1.807, 2.05) is 13.8 Å². The van der Waals surface area contributed by atoms with Gasteiger partial charge in [0.25, 0.3) is 5.91 Å². The van der Waals surface area contributed by atoms with Crippen LogP contribution in [0.15, 0.2) is 24.4 Å². The van der Waals surface area contributed by atoms with Gasteiger partial charge >= 0.3 is 0 Å². The van der Waals surface area contributed by atoms with Gasteiger partial charge in [0, 0.05) is 25.1 Å². The molecule has 0 radical (unpaired) electrons. The Balaban J connectivity index is 1.78. The van der Waals surface area contributed by atoms with Crippen molar-refractivity contribution in [1.82, 2.24) is 19.9 Å². The highest BCUT2D eigenvalue weighted by Gasteiger charge is 2.42. The van der Waals surface area contributed by atoms with Crippen LogP contribution in [0.1, 0.15) is 42.4 Å². The number of rotatable bonds is 4. The number of methoxy groups -OCH3 is 1. The SMILES string of the molecule is COc1ccc(C(=O)N2CC[C@](O)(c3cn(C(C)C)nn3)C2)c(F)c1. The third-order valence-corrected chi connectivity index (χ3v) is 4.46. The molecule has 134 valence electrons. The largest absolute Gasteiger partial charge is 0.497 e. The zero-order chi connectivity index (χ0) is 18.2. The number of aliphatic hydroxyl groups is 1. The molecule has 7 nitrogen and oxygen atoms in total. The van der Waals surface area contributed by atoms with E-state index < -0.39 is 17.3 Å². The molecule has 1 aliphatic rings. The highest BCUT2D eigenvalue weighted by molar-refractivity contribution is 5.95. The fourth-order valence-corrected chi connectivity index (χ4v) is 2.89. The molecule has 0 bridgehead atoms. The maximum Gasteiger partial charge on any atom is 0.256 e. The summed E-state index contributed by atoms with van der Waals surface area (Å²) in [5, 5.41) is 18.9. The van der Waals surface area contributed by atoms with Crippen LogP contribution in [0.25, 0.3) is 0 Å². The number of benzene rings is 1. The van der Waals surface area contributed by atoms with Crippen molar-refractivity contribution in [3.05, 3.63) is 41.5 Å². The Hall–Kier alpha value is -2.48. The van der Waals surface area contributed by atoms with Gasteiger partial charge in [-0.3, -0.25) is 4.79 Å². The molecule has 3 rings (SSSR count). The van der Waals surface area contributed by atoms with Gasteiger partial charge in [0.1, 0.15) is 22.9 Å². The number of hydrogen-bond acceptors (Lipinski definition) is 5. The van der Waals surface area contributed by atoms with Gasteiger partial charge in [-0.2, -0.15) is 0 Å². The molecule has 2 aromatic rings. The van der Waals surface area contributed by atoms with Gasteiger partial charge in [0.15, 0.2) is 0 Å². The number of carbonyl (C=O) groups excluding carboxylic acids is 1. The Morgan fingerprint density at radius 1 is 1.44 bits per heavy atom. The fourth-order valence-electron chi connectivity index (χ4n) is 2.89. The summed E-state index contributed by atoms with van der Waals surface area (Å²) in [5.41, 5.74) is -0.895. The topological polar surface area (TPSA) is 80.5 Å². The minimum atomic E-state index is -1.27. The number of carbonyl (C=O) groups is 1. The van der Waals surface area contributed by atoms with Crippen LogP contribution in [0, 0.1) is 5.82 Å². The molecule has 1 fully saturated rings. The van der Waals surface area contributed by atoms with E-state index in [0.717, 1.165) is 0 Å². The van der Waals surface area contributed by atoms with E-state index in [0.29, 0.717) is 24.4 Å². The number of aromatic nitrogens is 3. The maximum absolute atomic E-state index is 14.1. The molecule has 2 heterocycles. The van der Waals surface area contributed by atoms with Crippen LogP contribution in [-0.4, -0.2) is 51.1 Å². The number of nitrogens with zero attached hydrogens (tertiary/aromatic N) is 4. The fraction of sp³-hybridized carbons (Fsp3) is 0.471. The molecule has 1 aliphatic heterocycles. The Bertz CT molecular complexity index is 792. The third kappa shape index (κ3) is 3.21. The average molecular weight is 348 g/mol. The van der Waals surface area contributed by atoms with Crippen LogP contribution < -0.4 is 4.74 Å². The number of ether oxygens (including phenoxy) is 1. The second-order valence-corrected chi connectivity index (χ2v) is 6.53. The monoisotopic (exact) mass is 348 g/mol. The molecular weight excluding hydrogens is 327 g/mol. The summed E-state index contributed by atoms with van der Waals surface area (Å²) < 4.78 is 20.7. The van der Waals surface area contributed by atoms with E-state index in [1.165, 1.54) is 30.2 Å². The van der Waals surface area contributed by atoms with Crippen molar-refractivity contribution in [2.45, 2.75) is 31.9 Å². The van der Waals surface area contributed by atoms with Crippen LogP contribution in [0.3, 0.4) is 0 Å². The minimum Gasteiger partial charge on any atom is -0.497 e. The minimum absolute atomic E-state index is 0.0455. The first-order valence-electron chi connectivity index (χ1n) is 8.11. The summed E-state index contributed by atoms with van der Waals surface area (Å²) in [5.74, 6) is -0.768. The Kier molecular flexibility index (Phi) is 4.47. The molecule has 1 aromatic carbocycles. The predicted molar refractivity (Wildman–Crippen MR) is 87.8 cm³/mol. The van der Waals surface area contributed by atoms with Gasteiger partial charge in [0.05, 0.1) is 25.4 Å². The second kappa shape index (κ2) is 6.44. The average Bonchev–Trinajstić information content (AvgIpc) is 3.22. The van der Waals surface area contributed by atoms with Gasteiger partial charge in [-0.1, -0.05) is 5.21 Å². The van der Waals surface area contributed by atoms with E-state index in [2.05, 4.69) is 10.3 Å². The highest BCUT2D eigenvalue weighted by Crippen LogP contribution is 2.32. The Morgan fingerprint density at radius 2 is 2.20 bits per heavy atom. The van der Waals surface area contributed by atoms with Crippen LogP contribution in [-0.2, 0) is 5.60 Å². The van der Waals surface area contributed by atoms with Crippen molar-refractivity contribution in [2.75, 3.05) is 20.2 Å². The summed E-state index contributed by atoms with van der Waals surface area (Å²) in [6.45, 7) is 4.28. The van der Waals surface area contributed by atoms with Crippen LogP contribution in [0.4, 0.5) is 4.39 Å². The molecule has 0 aliphatic carbocycles. The van der Waals surface area contributed by atoms with Crippen molar-refractivity contribution < 1.29 is 19.0 Å². The van der Waals surface area contributed by atoms with Crippen molar-refractivity contribution >= 4 is 5.91 Å². The van der Waals surface area contributed by atoms with E-state index in [1.54, 1.807) is 10.9 Å². The van der Waals surface area contributed by atoms with Gasteiger partial charge in [0.2, 0.25) is 0 Å². The quantitative estimate of drug-likeness (QED) is 0.910. The van der Waals surface area contributed by atoms with E-state index in [4.69, 9.17) is 4.74 Å². The summed E-state index contributed by atoms with van der Waals surface area (Å²) in [4.78, 5) is 14.0. The highest BCUT2D eigenvalue weighted by atomic mass is 19.1. The molecule has 8 heteroatoms. The number of likely N-dealkylation sites (tertiary alicyclic amines) is 1. The lowest BCUT2D eigenvalue weighted by Gasteiger charge is -2.21. The first-order chi connectivity index (χ1) is 11.8. The van der Waals surface area contributed by atoms with Gasteiger partial charge < -0.3 is 14.7 Å². The standard InChI is InChI=1S/C17H21FN4O3/c1-11(2)22-9-15(19-20-22)17(24)6-7-21(10-17)16(23)13-5-4-12(25-3)8-14(13)18/h4-5,8-9,11,24H,6-7,10H2,1-3H3/t17-/m1/s1. The van der Waals surface area contributed by atoms with Gasteiger partial charge in [-0.25, -0.2) is 9.07 Å². The summed E-state index contributed by atoms with van der Waals surface area (Å²) in [6.07, 6.45) is 2.01. The van der Waals surface area contributed by atoms with Crippen LogP contribution in [0.5, 0.6) is 5.75 Å². The number of halogens is 1. The second-order valence-electron chi connectivity index (χ2n) is 6.53. The smallest absolute Gasteiger partial charge is 0.256 e. The third-order valence-electron chi connectivity index (χ3n) is 4.46. The lowest BCUT2D eigenvalue weighted by Crippen LogP contribution is -2.35. The van der Waals surface area contributed by atoms with Crippen molar-refractivity contribution in [1.29, 1.82) is 0 Å². The number of hydrogen-bond donors (Lipinski definition) is 1. The van der Waals surface area contributed by atoms with E-state index >= 15 is 0 Å². The van der Waals surface area contributed by atoms with Crippen LogP contribution >= 0.6 is 0 Å². The van der Waals surface area contributed by atoms with Gasteiger partial charge in [-0.05, 0) is 26.0 Å². The lowest BCUT2D eigenvalue weighted by atomic mass is 10.00.